The molecule has 0 aliphatic carbocycles. The van der Waals surface area contributed by atoms with Gasteiger partial charge in [-0.25, -0.2) is 4.79 Å². The van der Waals surface area contributed by atoms with E-state index in [1.807, 2.05) is 0 Å². The number of hydrogen-bond donors (Lipinski definition) is 15. The fraction of sp³-hybridized carbons (Fsp3) is 0.721. The Hall–Kier alpha value is -6.48. The Kier molecular flexibility index (Phi) is 29.4. The van der Waals surface area contributed by atoms with Crippen molar-refractivity contribution in [2.24, 2.45) is 40.7 Å². The number of aliphatic carboxylic acids is 2. The second-order valence-corrected chi connectivity index (χ2v) is 18.1. The first-order valence-corrected chi connectivity index (χ1v) is 23.0. The van der Waals surface area contributed by atoms with Crippen LogP contribution in [-0.2, 0) is 57.5 Å². The lowest BCUT2D eigenvalue weighted by Crippen LogP contribution is -2.61. The SMILES string of the molecule is CC(C)C[C@H](NC(=O)[C@H](CC(=O)O)NC(=O)[C@H](CC(C)C)NC(=O)[C@@H](NC(=O)[C@@H](N)CCC(N)=O)C(C)C)C(=O)N[C@@H](CCC(N)=O)C(=O)N[C@@H](CO)C(=O)N[C@@H](C)C(=O)N[C@@H](CCCCN)C(=O)O. The highest BCUT2D eigenvalue weighted by molar-refractivity contribution is 5.99. The molecule has 0 fully saturated rings. The number of carboxylic acids is 2. The molecule has 27 nitrogen and oxygen atoms in total. The van der Waals surface area contributed by atoms with Crippen molar-refractivity contribution in [1.29, 1.82) is 0 Å². The fourth-order valence-corrected chi connectivity index (χ4v) is 6.54. The van der Waals surface area contributed by atoms with Gasteiger partial charge in [-0.15, -0.1) is 0 Å². The minimum absolute atomic E-state index is 0.0284. The zero-order valence-electron chi connectivity index (χ0n) is 41.0. The van der Waals surface area contributed by atoms with E-state index in [2.05, 4.69) is 42.5 Å². The molecule has 0 radical (unpaired) electrons. The molecule has 0 heterocycles. The number of aliphatic hydroxyl groups is 1. The first kappa shape index (κ1) is 63.5. The average molecular weight is 1000 g/mol. The molecular weight excluding hydrogens is 925 g/mol. The Morgan fingerprint density at radius 3 is 1.36 bits per heavy atom. The second-order valence-electron chi connectivity index (χ2n) is 18.1. The molecule has 0 saturated heterocycles. The van der Waals surface area contributed by atoms with E-state index in [9.17, 15) is 72.9 Å². The van der Waals surface area contributed by atoms with E-state index in [1.165, 1.54) is 6.92 Å². The maximum absolute atomic E-state index is 13.9. The number of nitrogens with one attached hydrogen (secondary N) is 8. The van der Waals surface area contributed by atoms with E-state index in [0.717, 1.165) is 0 Å². The summed E-state index contributed by atoms with van der Waals surface area (Å²) in [5, 5.41) is 48.2. The molecule has 0 aliphatic heterocycles. The van der Waals surface area contributed by atoms with Gasteiger partial charge in [0.05, 0.1) is 19.1 Å². The van der Waals surface area contributed by atoms with Crippen LogP contribution in [0.3, 0.4) is 0 Å². The third kappa shape index (κ3) is 25.2. The lowest BCUT2D eigenvalue weighted by molar-refractivity contribution is -0.142. The summed E-state index contributed by atoms with van der Waals surface area (Å²) in [6.45, 7) is 10.5. The lowest BCUT2D eigenvalue weighted by atomic mass is 9.98. The normalized spacial score (nSPS) is 15.0. The Bertz CT molecular complexity index is 1830. The number of primary amides is 2. The Balaban J connectivity index is 6.39. The smallest absolute Gasteiger partial charge is 0.326 e. The summed E-state index contributed by atoms with van der Waals surface area (Å²) in [7, 11) is 0. The molecule has 70 heavy (non-hydrogen) atoms. The van der Waals surface area contributed by atoms with Crippen LogP contribution in [0.1, 0.15) is 113 Å². The molecule has 0 aliphatic rings. The van der Waals surface area contributed by atoms with Gasteiger partial charge in [-0.05, 0) is 76.2 Å². The highest BCUT2D eigenvalue weighted by Crippen LogP contribution is 2.12. The minimum Gasteiger partial charge on any atom is -0.481 e. The molecule has 0 rings (SSSR count). The van der Waals surface area contributed by atoms with Crippen molar-refractivity contribution in [3.8, 4) is 0 Å². The van der Waals surface area contributed by atoms with Crippen LogP contribution in [0, 0.1) is 17.8 Å². The summed E-state index contributed by atoms with van der Waals surface area (Å²) in [6.07, 6.45) is -1.46. The van der Waals surface area contributed by atoms with Crippen LogP contribution < -0.4 is 65.5 Å². The van der Waals surface area contributed by atoms with Crippen molar-refractivity contribution in [2.75, 3.05) is 13.2 Å². The number of carboxylic acid groups (broad SMARTS) is 2. The molecule has 19 N–H and O–H groups in total. The van der Waals surface area contributed by atoms with Crippen molar-refractivity contribution in [2.45, 2.75) is 167 Å². The fourth-order valence-electron chi connectivity index (χ4n) is 6.54. The maximum Gasteiger partial charge on any atom is 0.326 e. The monoisotopic (exact) mass is 1000 g/mol. The van der Waals surface area contributed by atoms with Gasteiger partial charge in [-0.1, -0.05) is 41.5 Å². The third-order valence-corrected chi connectivity index (χ3v) is 10.4. The zero-order chi connectivity index (χ0) is 54.0. The summed E-state index contributed by atoms with van der Waals surface area (Å²) in [6, 6.07) is -13.3. The van der Waals surface area contributed by atoms with Crippen molar-refractivity contribution in [3.63, 3.8) is 0 Å². The number of unbranched alkanes of at least 4 members (excludes halogenated alkanes) is 1. The molecule has 0 saturated carbocycles. The van der Waals surface area contributed by atoms with E-state index in [1.54, 1.807) is 41.5 Å². The van der Waals surface area contributed by atoms with Crippen LogP contribution in [0.5, 0.6) is 0 Å². The lowest BCUT2D eigenvalue weighted by Gasteiger charge is -2.29. The van der Waals surface area contributed by atoms with Gasteiger partial charge < -0.3 is 80.8 Å². The molecule has 0 bridgehead atoms. The Morgan fingerprint density at radius 1 is 0.471 bits per heavy atom. The van der Waals surface area contributed by atoms with Crippen LogP contribution in [0.15, 0.2) is 0 Å². The predicted molar refractivity (Wildman–Crippen MR) is 250 cm³/mol. The van der Waals surface area contributed by atoms with E-state index in [-0.39, 0.29) is 43.9 Å². The van der Waals surface area contributed by atoms with Crippen molar-refractivity contribution >= 4 is 71.0 Å². The van der Waals surface area contributed by atoms with Gasteiger partial charge in [0.25, 0.3) is 0 Å². The van der Waals surface area contributed by atoms with Crippen molar-refractivity contribution < 1.29 is 72.9 Å². The number of carbonyl (C=O) groups excluding carboxylic acids is 10. The van der Waals surface area contributed by atoms with Crippen molar-refractivity contribution in [1.82, 2.24) is 42.5 Å². The number of carbonyl (C=O) groups is 12. The van der Waals surface area contributed by atoms with Crippen LogP contribution in [-0.4, -0.2) is 154 Å². The maximum atomic E-state index is 13.9. The van der Waals surface area contributed by atoms with Gasteiger partial charge in [0.1, 0.15) is 48.3 Å². The molecular formula is C43H76N12O15. The van der Waals surface area contributed by atoms with E-state index < -0.39 is 157 Å². The molecule has 9 atom stereocenters. The molecule has 0 spiro atoms. The topological polar surface area (TPSA) is 466 Å². The predicted octanol–water partition coefficient (Wildman–Crippen LogP) is -4.83. The van der Waals surface area contributed by atoms with Crippen LogP contribution in [0.2, 0.25) is 0 Å². The quantitative estimate of drug-likeness (QED) is 0.0265. The van der Waals surface area contributed by atoms with E-state index >= 15 is 0 Å². The van der Waals surface area contributed by atoms with Crippen LogP contribution >= 0.6 is 0 Å². The highest BCUT2D eigenvalue weighted by atomic mass is 16.4. The minimum atomic E-state index is -1.85. The second kappa shape index (κ2) is 32.4. The average Bonchev–Trinajstić information content (AvgIpc) is 3.25. The number of amides is 10. The molecule has 398 valence electrons. The first-order chi connectivity index (χ1) is 32.5. The van der Waals surface area contributed by atoms with Gasteiger partial charge in [0.2, 0.25) is 59.1 Å². The summed E-state index contributed by atoms with van der Waals surface area (Å²) in [5.41, 5.74) is 21.8. The number of aliphatic hydroxyl groups excluding tert-OH is 1. The largest absolute Gasteiger partial charge is 0.481 e. The molecule has 0 aromatic heterocycles. The number of hydrogen-bond acceptors (Lipinski definition) is 15. The summed E-state index contributed by atoms with van der Waals surface area (Å²) in [4.78, 5) is 154. The Morgan fingerprint density at radius 2 is 0.900 bits per heavy atom. The molecule has 0 aromatic carbocycles. The van der Waals surface area contributed by atoms with Gasteiger partial charge in [0, 0.05) is 12.8 Å². The first-order valence-electron chi connectivity index (χ1n) is 23.0. The molecule has 0 aromatic rings. The van der Waals surface area contributed by atoms with Gasteiger partial charge in [0.15, 0.2) is 0 Å². The third-order valence-electron chi connectivity index (χ3n) is 10.4. The van der Waals surface area contributed by atoms with Gasteiger partial charge in [-0.3, -0.25) is 52.7 Å². The molecule has 27 heteroatoms. The molecule has 0 unspecified atom stereocenters. The van der Waals surface area contributed by atoms with Crippen molar-refractivity contribution in [3.05, 3.63) is 0 Å². The van der Waals surface area contributed by atoms with E-state index in [4.69, 9.17) is 22.9 Å². The number of rotatable bonds is 35. The standard InChI is InChI=1S/C43H76N12O15/c1-20(2)16-27(38(64)49-25(12-14-32(47)58)37(63)54-30(19-56)41(67)48-23(7)35(61)50-26(43(69)70)10-8-9-15-44)51-40(66)29(18-33(59)60)52-39(65)28(17-21(3)4)53-42(68)34(22(5)6)55-36(62)24(45)11-13-31(46)57/h20-30,34,56H,8-19,44-45H2,1-7H3,(H2,46,57)(H2,47,58)(H,48,67)(H,49,64)(H,50,61)(H,51,66)(H,52,65)(H,53,68)(H,54,63)(H,55,62)(H,59,60)(H,69,70)/t23-,24-,25-,26-,27-,28-,29-,30-,34-/m0/s1. The summed E-state index contributed by atoms with van der Waals surface area (Å²) in [5.74, 6) is -13.5. The summed E-state index contributed by atoms with van der Waals surface area (Å²) < 4.78 is 0. The Labute approximate surface area is 406 Å². The van der Waals surface area contributed by atoms with E-state index in [0.29, 0.717) is 19.4 Å². The summed E-state index contributed by atoms with van der Waals surface area (Å²) >= 11 is 0. The highest BCUT2D eigenvalue weighted by Gasteiger charge is 2.36. The van der Waals surface area contributed by atoms with Crippen LogP contribution in [0.4, 0.5) is 0 Å². The molecule has 10 amide bonds. The van der Waals surface area contributed by atoms with Gasteiger partial charge in [-0.2, -0.15) is 0 Å². The van der Waals surface area contributed by atoms with Crippen LogP contribution in [0.25, 0.3) is 0 Å². The van der Waals surface area contributed by atoms with Gasteiger partial charge >= 0.3 is 11.9 Å². The number of nitrogens with two attached hydrogens (primary N) is 4. The zero-order valence-corrected chi connectivity index (χ0v) is 41.0.